The largest absolute Gasteiger partial charge is 0.318 e. The molecular formula is C17H23N3S. The lowest BCUT2D eigenvalue weighted by Crippen LogP contribution is -2.15. The molecule has 0 amide bonds. The fourth-order valence-corrected chi connectivity index (χ4v) is 3.90. The molecule has 1 heterocycles. The van der Waals surface area contributed by atoms with E-state index in [0.717, 1.165) is 18.2 Å². The van der Waals surface area contributed by atoms with Crippen molar-refractivity contribution in [1.82, 2.24) is 10.3 Å². The molecule has 1 fully saturated rings. The highest BCUT2D eigenvalue weighted by atomic mass is 32.1. The number of benzene rings is 1. The van der Waals surface area contributed by atoms with Crippen LogP contribution in [0.1, 0.15) is 41.8 Å². The van der Waals surface area contributed by atoms with Gasteiger partial charge in [0.25, 0.3) is 0 Å². The predicted molar refractivity (Wildman–Crippen MR) is 90.7 cm³/mol. The van der Waals surface area contributed by atoms with Crippen molar-refractivity contribution in [3.05, 3.63) is 40.4 Å². The van der Waals surface area contributed by atoms with Crippen LogP contribution in [-0.4, -0.2) is 18.6 Å². The van der Waals surface area contributed by atoms with Crippen LogP contribution in [0.4, 0.5) is 10.8 Å². The summed E-state index contributed by atoms with van der Waals surface area (Å²) in [5.41, 5.74) is 3.86. The average Bonchev–Trinajstić information content (AvgIpc) is 3.23. The van der Waals surface area contributed by atoms with Gasteiger partial charge < -0.3 is 10.2 Å². The highest BCUT2D eigenvalue weighted by molar-refractivity contribution is 7.15. The normalized spacial score (nSPS) is 14.4. The molecule has 1 aliphatic rings. The summed E-state index contributed by atoms with van der Waals surface area (Å²) in [6, 6.07) is 8.67. The SMILES string of the molecule is CCN(c1cccc(C)c1)c1nc(C2CC2)c(CNC)s1. The summed E-state index contributed by atoms with van der Waals surface area (Å²) < 4.78 is 0. The van der Waals surface area contributed by atoms with E-state index >= 15 is 0 Å². The molecule has 1 aliphatic carbocycles. The smallest absolute Gasteiger partial charge is 0.190 e. The minimum absolute atomic E-state index is 0.703. The number of rotatable bonds is 6. The number of thiazole rings is 1. The van der Waals surface area contributed by atoms with E-state index in [1.807, 2.05) is 18.4 Å². The number of nitrogens with zero attached hydrogens (tertiary/aromatic N) is 2. The number of anilines is 2. The molecule has 0 bridgehead atoms. The van der Waals surface area contributed by atoms with E-state index in [1.165, 1.54) is 34.7 Å². The molecule has 2 aromatic rings. The third kappa shape index (κ3) is 3.11. The van der Waals surface area contributed by atoms with Crippen LogP contribution in [0.5, 0.6) is 0 Å². The summed E-state index contributed by atoms with van der Waals surface area (Å²) in [5.74, 6) is 0.703. The number of aryl methyl sites for hydroxylation is 1. The topological polar surface area (TPSA) is 28.2 Å². The van der Waals surface area contributed by atoms with E-state index < -0.39 is 0 Å². The second-order valence-electron chi connectivity index (χ2n) is 5.69. The Bertz CT molecular complexity index is 616. The molecule has 3 nitrogen and oxygen atoms in total. The molecule has 4 heteroatoms. The van der Waals surface area contributed by atoms with Crippen molar-refractivity contribution in [3.8, 4) is 0 Å². The molecule has 3 rings (SSSR count). The maximum absolute atomic E-state index is 4.97. The second kappa shape index (κ2) is 6.16. The van der Waals surface area contributed by atoms with Crippen molar-refractivity contribution in [1.29, 1.82) is 0 Å². The second-order valence-corrected chi connectivity index (χ2v) is 6.75. The standard InChI is InChI=1S/C17H23N3S/c1-4-20(14-7-5-6-12(2)10-14)17-19-16(13-8-9-13)15(21-17)11-18-3/h5-7,10,13,18H,4,8-9,11H2,1-3H3. The number of aromatic nitrogens is 1. The zero-order chi connectivity index (χ0) is 14.8. The first-order chi connectivity index (χ1) is 10.2. The summed E-state index contributed by atoms with van der Waals surface area (Å²) in [5, 5.41) is 4.41. The van der Waals surface area contributed by atoms with Gasteiger partial charge in [-0.2, -0.15) is 0 Å². The van der Waals surface area contributed by atoms with Crippen molar-refractivity contribution in [2.75, 3.05) is 18.5 Å². The summed E-state index contributed by atoms with van der Waals surface area (Å²) in [4.78, 5) is 8.70. The van der Waals surface area contributed by atoms with Gasteiger partial charge in [0.05, 0.1) is 5.69 Å². The van der Waals surface area contributed by atoms with E-state index in [4.69, 9.17) is 4.98 Å². The van der Waals surface area contributed by atoms with Crippen LogP contribution in [0.2, 0.25) is 0 Å². The Labute approximate surface area is 131 Å². The van der Waals surface area contributed by atoms with Gasteiger partial charge in [-0.05, 0) is 51.4 Å². The first kappa shape index (κ1) is 14.5. The predicted octanol–water partition coefficient (Wildman–Crippen LogP) is 4.21. The van der Waals surface area contributed by atoms with Crippen molar-refractivity contribution in [2.24, 2.45) is 0 Å². The quantitative estimate of drug-likeness (QED) is 0.866. The first-order valence-electron chi connectivity index (χ1n) is 7.71. The minimum Gasteiger partial charge on any atom is -0.318 e. The third-order valence-electron chi connectivity index (χ3n) is 3.88. The van der Waals surface area contributed by atoms with Gasteiger partial charge in [0.15, 0.2) is 5.13 Å². The highest BCUT2D eigenvalue weighted by Crippen LogP contribution is 2.44. The lowest BCUT2D eigenvalue weighted by Gasteiger charge is -2.20. The van der Waals surface area contributed by atoms with Crippen molar-refractivity contribution >= 4 is 22.2 Å². The fraction of sp³-hybridized carbons (Fsp3) is 0.471. The maximum Gasteiger partial charge on any atom is 0.190 e. The van der Waals surface area contributed by atoms with E-state index in [1.54, 1.807) is 0 Å². The molecule has 0 aliphatic heterocycles. The lowest BCUT2D eigenvalue weighted by molar-refractivity contribution is 0.812. The van der Waals surface area contributed by atoms with Gasteiger partial charge >= 0.3 is 0 Å². The van der Waals surface area contributed by atoms with Gasteiger partial charge in [0, 0.05) is 29.6 Å². The Hall–Kier alpha value is -1.39. The Kier molecular flexibility index (Phi) is 4.27. The van der Waals surface area contributed by atoms with E-state index in [-0.39, 0.29) is 0 Å². The zero-order valence-corrected chi connectivity index (χ0v) is 13.8. The van der Waals surface area contributed by atoms with Crippen LogP contribution in [0, 0.1) is 6.92 Å². The monoisotopic (exact) mass is 301 g/mol. The summed E-state index contributed by atoms with van der Waals surface area (Å²) in [6.07, 6.45) is 2.60. The van der Waals surface area contributed by atoms with Crippen LogP contribution in [0.25, 0.3) is 0 Å². The average molecular weight is 301 g/mol. The summed E-state index contributed by atoms with van der Waals surface area (Å²) in [7, 11) is 2.01. The first-order valence-corrected chi connectivity index (χ1v) is 8.53. The van der Waals surface area contributed by atoms with Crippen molar-refractivity contribution in [2.45, 2.75) is 39.2 Å². The van der Waals surface area contributed by atoms with Gasteiger partial charge in [-0.1, -0.05) is 23.5 Å². The molecule has 0 spiro atoms. The van der Waals surface area contributed by atoms with E-state index in [0.29, 0.717) is 5.92 Å². The van der Waals surface area contributed by atoms with E-state index in [2.05, 4.69) is 48.3 Å². The summed E-state index contributed by atoms with van der Waals surface area (Å²) >= 11 is 1.84. The molecule has 1 N–H and O–H groups in total. The molecule has 0 unspecified atom stereocenters. The van der Waals surface area contributed by atoms with Gasteiger partial charge in [-0.15, -0.1) is 0 Å². The van der Waals surface area contributed by atoms with Crippen LogP contribution in [0.3, 0.4) is 0 Å². The van der Waals surface area contributed by atoms with Gasteiger partial charge in [-0.25, -0.2) is 4.98 Å². The molecule has 1 saturated carbocycles. The molecule has 112 valence electrons. The number of hydrogen-bond donors (Lipinski definition) is 1. The van der Waals surface area contributed by atoms with Gasteiger partial charge in [-0.3, -0.25) is 0 Å². The molecule has 21 heavy (non-hydrogen) atoms. The minimum atomic E-state index is 0.703. The lowest BCUT2D eigenvalue weighted by atomic mass is 10.2. The Morgan fingerprint density at radius 2 is 2.19 bits per heavy atom. The van der Waals surface area contributed by atoms with E-state index in [9.17, 15) is 0 Å². The van der Waals surface area contributed by atoms with Crippen LogP contribution in [-0.2, 0) is 6.54 Å². The Balaban J connectivity index is 1.95. The number of nitrogens with one attached hydrogen (secondary N) is 1. The maximum atomic E-state index is 4.97. The van der Waals surface area contributed by atoms with Gasteiger partial charge in [0.2, 0.25) is 0 Å². The Morgan fingerprint density at radius 1 is 1.38 bits per heavy atom. The zero-order valence-electron chi connectivity index (χ0n) is 13.0. The molecule has 1 aromatic heterocycles. The molecule has 1 aromatic carbocycles. The molecular weight excluding hydrogens is 278 g/mol. The van der Waals surface area contributed by atoms with Crippen LogP contribution in [0.15, 0.2) is 24.3 Å². The highest BCUT2D eigenvalue weighted by Gasteiger charge is 2.30. The number of hydrogen-bond acceptors (Lipinski definition) is 4. The summed E-state index contributed by atoms with van der Waals surface area (Å²) in [6.45, 7) is 6.20. The van der Waals surface area contributed by atoms with Crippen LogP contribution >= 0.6 is 11.3 Å². The van der Waals surface area contributed by atoms with Gasteiger partial charge in [0.1, 0.15) is 0 Å². The molecule has 0 atom stereocenters. The third-order valence-corrected chi connectivity index (χ3v) is 4.97. The van der Waals surface area contributed by atoms with Crippen molar-refractivity contribution < 1.29 is 0 Å². The van der Waals surface area contributed by atoms with Crippen LogP contribution < -0.4 is 10.2 Å². The Morgan fingerprint density at radius 3 is 2.81 bits per heavy atom. The molecule has 0 saturated heterocycles. The van der Waals surface area contributed by atoms with Crippen molar-refractivity contribution in [3.63, 3.8) is 0 Å². The molecule has 0 radical (unpaired) electrons. The fourth-order valence-electron chi connectivity index (χ4n) is 2.65.